The van der Waals surface area contributed by atoms with Gasteiger partial charge in [-0.3, -0.25) is 14.4 Å². The monoisotopic (exact) mass is 257 g/mol. The number of ether oxygens (including phenoxy) is 2. The Hall–Kier alpha value is -1.59. The van der Waals surface area contributed by atoms with Gasteiger partial charge in [0.2, 0.25) is 5.91 Å². The van der Waals surface area contributed by atoms with E-state index in [1.54, 1.807) is 4.90 Å². The summed E-state index contributed by atoms with van der Waals surface area (Å²) < 4.78 is 9.16. The molecule has 1 aliphatic heterocycles. The molecule has 1 heterocycles. The molecule has 0 atom stereocenters. The standard InChI is InChI=1S/C12H19NO5/c1-17-11(15)4-3-10(14)13-7-5-9(6-8-13)12(16)18-2/h9H,3-8H2,1-2H3. The average molecular weight is 257 g/mol. The predicted molar refractivity (Wildman–Crippen MR) is 62.6 cm³/mol. The molecule has 0 aromatic carbocycles. The van der Waals surface area contributed by atoms with Crippen LogP contribution >= 0.6 is 0 Å². The third-order valence-corrected chi connectivity index (χ3v) is 3.15. The number of methoxy groups -OCH3 is 2. The number of piperidine rings is 1. The molecule has 0 N–H and O–H groups in total. The lowest BCUT2D eigenvalue weighted by Crippen LogP contribution is -2.40. The number of amides is 1. The first-order valence-corrected chi connectivity index (χ1v) is 6.01. The van der Waals surface area contributed by atoms with E-state index < -0.39 is 0 Å². The number of hydrogen-bond acceptors (Lipinski definition) is 5. The van der Waals surface area contributed by atoms with Crippen LogP contribution in [0.5, 0.6) is 0 Å². The maximum atomic E-state index is 11.8. The van der Waals surface area contributed by atoms with E-state index in [-0.39, 0.29) is 36.6 Å². The lowest BCUT2D eigenvalue weighted by molar-refractivity contribution is -0.149. The van der Waals surface area contributed by atoms with Crippen molar-refractivity contribution in [1.29, 1.82) is 0 Å². The summed E-state index contributed by atoms with van der Waals surface area (Å²) in [5.74, 6) is -0.771. The molecule has 1 fully saturated rings. The van der Waals surface area contributed by atoms with Crippen LogP contribution < -0.4 is 0 Å². The van der Waals surface area contributed by atoms with Gasteiger partial charge in [-0.2, -0.15) is 0 Å². The molecular formula is C12H19NO5. The Labute approximate surface area is 106 Å². The minimum absolute atomic E-state index is 0.0660. The summed E-state index contributed by atoms with van der Waals surface area (Å²) in [6.07, 6.45) is 1.51. The zero-order chi connectivity index (χ0) is 13.5. The second-order valence-electron chi connectivity index (χ2n) is 4.25. The molecule has 1 rings (SSSR count). The molecule has 0 spiro atoms. The molecule has 0 aliphatic carbocycles. The maximum Gasteiger partial charge on any atom is 0.308 e. The minimum Gasteiger partial charge on any atom is -0.469 e. The van der Waals surface area contributed by atoms with E-state index in [1.807, 2.05) is 0 Å². The van der Waals surface area contributed by atoms with Gasteiger partial charge in [-0.15, -0.1) is 0 Å². The molecular weight excluding hydrogens is 238 g/mol. The maximum absolute atomic E-state index is 11.8. The summed E-state index contributed by atoms with van der Waals surface area (Å²) in [4.78, 5) is 35.7. The lowest BCUT2D eigenvalue weighted by atomic mass is 9.97. The average Bonchev–Trinajstić information content (AvgIpc) is 2.43. The van der Waals surface area contributed by atoms with Crippen LogP contribution in [0.2, 0.25) is 0 Å². The second-order valence-corrected chi connectivity index (χ2v) is 4.25. The molecule has 1 amide bonds. The summed E-state index contributed by atoms with van der Waals surface area (Å²) >= 11 is 0. The third kappa shape index (κ3) is 4.01. The number of esters is 2. The van der Waals surface area contributed by atoms with E-state index in [2.05, 4.69) is 9.47 Å². The van der Waals surface area contributed by atoms with Crippen molar-refractivity contribution in [2.45, 2.75) is 25.7 Å². The Balaban J connectivity index is 2.31. The van der Waals surface area contributed by atoms with Crippen LogP contribution in [0.25, 0.3) is 0 Å². The summed E-state index contributed by atoms with van der Waals surface area (Å²) in [5, 5.41) is 0. The number of carbonyl (C=O) groups excluding carboxylic acids is 3. The van der Waals surface area contributed by atoms with Crippen molar-refractivity contribution in [2.75, 3.05) is 27.3 Å². The van der Waals surface area contributed by atoms with Crippen molar-refractivity contribution in [3.8, 4) is 0 Å². The first-order valence-electron chi connectivity index (χ1n) is 6.01. The third-order valence-electron chi connectivity index (χ3n) is 3.15. The summed E-state index contributed by atoms with van der Waals surface area (Å²) in [5.41, 5.74) is 0. The fourth-order valence-electron chi connectivity index (χ4n) is 2.00. The highest BCUT2D eigenvalue weighted by molar-refractivity contribution is 5.81. The quantitative estimate of drug-likeness (QED) is 0.679. The van der Waals surface area contributed by atoms with Crippen molar-refractivity contribution >= 4 is 17.8 Å². The molecule has 6 heteroatoms. The van der Waals surface area contributed by atoms with Crippen LogP contribution in [0.15, 0.2) is 0 Å². The normalized spacial score (nSPS) is 16.2. The van der Waals surface area contributed by atoms with Crippen LogP contribution in [-0.2, 0) is 23.9 Å². The Kier molecular flexibility index (Phi) is 5.61. The van der Waals surface area contributed by atoms with E-state index in [9.17, 15) is 14.4 Å². The highest BCUT2D eigenvalue weighted by Gasteiger charge is 2.27. The van der Waals surface area contributed by atoms with Gasteiger partial charge in [-0.05, 0) is 12.8 Å². The zero-order valence-corrected chi connectivity index (χ0v) is 10.8. The van der Waals surface area contributed by atoms with E-state index in [0.717, 1.165) is 0 Å². The number of hydrogen-bond donors (Lipinski definition) is 0. The van der Waals surface area contributed by atoms with Crippen molar-refractivity contribution < 1.29 is 23.9 Å². The molecule has 0 unspecified atom stereocenters. The lowest BCUT2D eigenvalue weighted by Gasteiger charge is -2.30. The van der Waals surface area contributed by atoms with Gasteiger partial charge in [-0.1, -0.05) is 0 Å². The van der Waals surface area contributed by atoms with Crippen LogP contribution in [0, 0.1) is 5.92 Å². The van der Waals surface area contributed by atoms with Gasteiger partial charge in [0.25, 0.3) is 0 Å². The first kappa shape index (κ1) is 14.5. The van der Waals surface area contributed by atoms with Gasteiger partial charge in [-0.25, -0.2) is 0 Å². The molecule has 1 saturated heterocycles. The van der Waals surface area contributed by atoms with Crippen molar-refractivity contribution in [3.63, 3.8) is 0 Å². The zero-order valence-electron chi connectivity index (χ0n) is 10.8. The molecule has 1 aliphatic rings. The van der Waals surface area contributed by atoms with E-state index in [1.165, 1.54) is 14.2 Å². The number of likely N-dealkylation sites (tertiary alicyclic amines) is 1. The van der Waals surface area contributed by atoms with Gasteiger partial charge < -0.3 is 14.4 Å². The Morgan fingerprint density at radius 2 is 1.67 bits per heavy atom. The van der Waals surface area contributed by atoms with E-state index >= 15 is 0 Å². The van der Waals surface area contributed by atoms with Crippen molar-refractivity contribution in [2.24, 2.45) is 5.92 Å². The van der Waals surface area contributed by atoms with Gasteiger partial charge in [0.1, 0.15) is 0 Å². The molecule has 0 bridgehead atoms. The molecule has 0 aromatic heterocycles. The van der Waals surface area contributed by atoms with Crippen molar-refractivity contribution in [3.05, 3.63) is 0 Å². The molecule has 18 heavy (non-hydrogen) atoms. The molecule has 0 aromatic rings. The molecule has 102 valence electrons. The number of rotatable bonds is 4. The smallest absolute Gasteiger partial charge is 0.308 e. The Morgan fingerprint density at radius 3 is 2.17 bits per heavy atom. The van der Waals surface area contributed by atoms with Crippen LogP contribution in [0.4, 0.5) is 0 Å². The Bertz CT molecular complexity index is 320. The fourth-order valence-corrected chi connectivity index (χ4v) is 2.00. The Morgan fingerprint density at radius 1 is 1.06 bits per heavy atom. The highest BCUT2D eigenvalue weighted by Crippen LogP contribution is 2.19. The fraction of sp³-hybridized carbons (Fsp3) is 0.750. The molecule has 6 nitrogen and oxygen atoms in total. The van der Waals surface area contributed by atoms with Gasteiger partial charge >= 0.3 is 11.9 Å². The first-order chi connectivity index (χ1) is 8.58. The van der Waals surface area contributed by atoms with Crippen LogP contribution in [0.3, 0.4) is 0 Å². The van der Waals surface area contributed by atoms with Crippen molar-refractivity contribution in [1.82, 2.24) is 4.90 Å². The number of carbonyl (C=O) groups is 3. The van der Waals surface area contributed by atoms with E-state index in [0.29, 0.717) is 25.9 Å². The number of nitrogens with zero attached hydrogens (tertiary/aromatic N) is 1. The molecule has 0 saturated carbocycles. The second kappa shape index (κ2) is 6.98. The van der Waals surface area contributed by atoms with E-state index in [4.69, 9.17) is 0 Å². The molecule has 0 radical (unpaired) electrons. The van der Waals surface area contributed by atoms with Gasteiger partial charge in [0, 0.05) is 19.5 Å². The van der Waals surface area contributed by atoms with Gasteiger partial charge in [0.05, 0.1) is 26.6 Å². The summed E-state index contributed by atoms with van der Waals surface area (Å²) in [7, 11) is 2.67. The van der Waals surface area contributed by atoms with Crippen LogP contribution in [-0.4, -0.2) is 50.1 Å². The predicted octanol–water partition coefficient (Wildman–Crippen LogP) is 0.351. The minimum atomic E-state index is -0.382. The summed E-state index contributed by atoms with van der Waals surface area (Å²) in [6.45, 7) is 1.08. The van der Waals surface area contributed by atoms with Gasteiger partial charge in [0.15, 0.2) is 0 Å². The highest BCUT2D eigenvalue weighted by atomic mass is 16.5. The SMILES string of the molecule is COC(=O)CCC(=O)N1CCC(C(=O)OC)CC1. The topological polar surface area (TPSA) is 72.9 Å². The summed E-state index contributed by atoms with van der Waals surface area (Å²) in [6, 6.07) is 0. The largest absolute Gasteiger partial charge is 0.469 e. The van der Waals surface area contributed by atoms with Crippen LogP contribution in [0.1, 0.15) is 25.7 Å².